The van der Waals surface area contributed by atoms with Crippen LogP contribution in [-0.2, 0) is 0 Å². The topological polar surface area (TPSA) is 72.8 Å². The predicted octanol–water partition coefficient (Wildman–Crippen LogP) is 4.03. The molecule has 0 atom stereocenters. The summed E-state index contributed by atoms with van der Waals surface area (Å²) in [5.41, 5.74) is 0.365. The first kappa shape index (κ1) is 17.5. The zero-order valence-corrected chi connectivity index (χ0v) is 13.7. The quantitative estimate of drug-likeness (QED) is 0.613. The lowest BCUT2D eigenvalue weighted by Crippen LogP contribution is -2.12. The molecule has 0 amide bonds. The number of carbonyl (C=O) groups is 2. The Bertz CT molecular complexity index is 721. The lowest BCUT2D eigenvalue weighted by molar-refractivity contribution is 0.0686. The smallest absolute Gasteiger partial charge is 0.347 e. The van der Waals surface area contributed by atoms with Gasteiger partial charge in [0.05, 0.1) is 12.2 Å². The molecule has 0 aromatic heterocycles. The van der Waals surface area contributed by atoms with Crippen molar-refractivity contribution in [1.82, 2.24) is 0 Å². The fraction of sp³-hybridized carbons (Fsp3) is 0.263. The Kier molecular flexibility index (Phi) is 5.95. The van der Waals surface area contributed by atoms with Crippen LogP contribution in [0.4, 0.5) is 0 Å². The molecular formula is C19H20O5. The van der Waals surface area contributed by atoms with Crippen LogP contribution in [0.1, 0.15) is 41.0 Å². The third kappa shape index (κ3) is 4.84. The van der Waals surface area contributed by atoms with Gasteiger partial charge < -0.3 is 14.6 Å². The van der Waals surface area contributed by atoms with Crippen LogP contribution in [0.2, 0.25) is 0 Å². The summed E-state index contributed by atoms with van der Waals surface area (Å²) in [6.45, 7) is 4.70. The first-order valence-corrected chi connectivity index (χ1v) is 7.74. The molecule has 2 rings (SSSR count). The molecule has 0 radical (unpaired) electrons. The van der Waals surface area contributed by atoms with Crippen LogP contribution in [0.15, 0.2) is 48.5 Å². The molecule has 0 aliphatic carbocycles. The summed E-state index contributed by atoms with van der Waals surface area (Å²) in [7, 11) is 0. The zero-order valence-electron chi connectivity index (χ0n) is 13.7. The van der Waals surface area contributed by atoms with E-state index in [0.717, 1.165) is 6.42 Å². The van der Waals surface area contributed by atoms with Crippen LogP contribution in [-0.4, -0.2) is 23.7 Å². The maximum Gasteiger partial charge on any atom is 0.347 e. The Morgan fingerprint density at radius 1 is 1.08 bits per heavy atom. The van der Waals surface area contributed by atoms with E-state index >= 15 is 0 Å². The largest absolute Gasteiger partial charge is 0.493 e. The van der Waals surface area contributed by atoms with E-state index in [9.17, 15) is 9.59 Å². The number of hydrogen-bond acceptors (Lipinski definition) is 4. The summed E-state index contributed by atoms with van der Waals surface area (Å²) in [6.07, 6.45) is 0.879. The molecule has 0 fully saturated rings. The highest BCUT2D eigenvalue weighted by molar-refractivity contribution is 5.94. The number of carboxylic acids is 1. The second-order valence-electron chi connectivity index (χ2n) is 5.75. The van der Waals surface area contributed by atoms with Gasteiger partial charge in [-0.15, -0.1) is 0 Å². The molecule has 2 aromatic rings. The average Bonchev–Trinajstić information content (AvgIpc) is 2.55. The molecule has 2 aromatic carbocycles. The van der Waals surface area contributed by atoms with Gasteiger partial charge in [0.25, 0.3) is 0 Å². The minimum atomic E-state index is -1.08. The molecule has 0 heterocycles. The van der Waals surface area contributed by atoms with Crippen molar-refractivity contribution < 1.29 is 24.2 Å². The summed E-state index contributed by atoms with van der Waals surface area (Å²) < 4.78 is 11.0. The summed E-state index contributed by atoms with van der Waals surface area (Å²) in [6, 6.07) is 12.6. The maximum atomic E-state index is 12.4. The van der Waals surface area contributed by atoms with Gasteiger partial charge in [-0.1, -0.05) is 32.0 Å². The summed E-state index contributed by atoms with van der Waals surface area (Å²) in [4.78, 5) is 23.3. The van der Waals surface area contributed by atoms with Crippen molar-refractivity contribution >= 4 is 11.9 Å². The SMILES string of the molecule is CC(C)CCOc1ccccc1C(=O)Oc1cccc(C(=O)O)c1. The van der Waals surface area contributed by atoms with Crippen LogP contribution < -0.4 is 9.47 Å². The van der Waals surface area contributed by atoms with E-state index in [1.165, 1.54) is 24.3 Å². The number of rotatable bonds is 7. The lowest BCUT2D eigenvalue weighted by atomic mass is 10.1. The molecule has 5 heteroatoms. The Morgan fingerprint density at radius 2 is 1.83 bits per heavy atom. The van der Waals surface area contributed by atoms with Crippen molar-refractivity contribution in [2.75, 3.05) is 6.61 Å². The van der Waals surface area contributed by atoms with Gasteiger partial charge in [0.2, 0.25) is 0 Å². The molecule has 0 saturated carbocycles. The van der Waals surface area contributed by atoms with E-state index in [4.69, 9.17) is 14.6 Å². The molecule has 5 nitrogen and oxygen atoms in total. The minimum Gasteiger partial charge on any atom is -0.493 e. The molecular weight excluding hydrogens is 308 g/mol. The maximum absolute atomic E-state index is 12.4. The molecule has 0 bridgehead atoms. The Morgan fingerprint density at radius 3 is 2.54 bits per heavy atom. The van der Waals surface area contributed by atoms with Gasteiger partial charge in [0.15, 0.2) is 0 Å². The number of aromatic carboxylic acids is 1. The van der Waals surface area contributed by atoms with Gasteiger partial charge in [-0.3, -0.25) is 0 Å². The minimum absolute atomic E-state index is 0.0572. The molecule has 0 aliphatic rings. The Hall–Kier alpha value is -2.82. The van der Waals surface area contributed by atoms with Crippen molar-refractivity contribution in [2.24, 2.45) is 5.92 Å². The van der Waals surface area contributed by atoms with Gasteiger partial charge in [0.1, 0.15) is 17.1 Å². The second-order valence-corrected chi connectivity index (χ2v) is 5.75. The fourth-order valence-corrected chi connectivity index (χ4v) is 2.02. The van der Waals surface area contributed by atoms with Crippen LogP contribution in [0, 0.1) is 5.92 Å². The molecule has 0 spiro atoms. The van der Waals surface area contributed by atoms with Crippen LogP contribution >= 0.6 is 0 Å². The number of ether oxygens (including phenoxy) is 2. The summed E-state index contributed by atoms with van der Waals surface area (Å²) in [5.74, 6) is -0.528. The summed E-state index contributed by atoms with van der Waals surface area (Å²) >= 11 is 0. The fourth-order valence-electron chi connectivity index (χ4n) is 2.02. The third-order valence-corrected chi connectivity index (χ3v) is 3.35. The van der Waals surface area contributed by atoms with Crippen molar-refractivity contribution in [2.45, 2.75) is 20.3 Å². The van der Waals surface area contributed by atoms with E-state index in [0.29, 0.717) is 23.8 Å². The highest BCUT2D eigenvalue weighted by Crippen LogP contribution is 2.22. The first-order chi connectivity index (χ1) is 11.5. The number of esters is 1. The van der Waals surface area contributed by atoms with Crippen LogP contribution in [0.25, 0.3) is 0 Å². The standard InChI is InChI=1S/C19H20O5/c1-13(2)10-11-23-17-9-4-3-8-16(17)19(22)24-15-7-5-6-14(12-15)18(20)21/h3-9,12-13H,10-11H2,1-2H3,(H,20,21). The van der Waals surface area contributed by atoms with E-state index < -0.39 is 11.9 Å². The highest BCUT2D eigenvalue weighted by atomic mass is 16.5. The molecule has 24 heavy (non-hydrogen) atoms. The lowest BCUT2D eigenvalue weighted by Gasteiger charge is -2.12. The summed E-state index contributed by atoms with van der Waals surface area (Å²) in [5, 5.41) is 8.99. The number of para-hydroxylation sites is 1. The number of carboxylic acid groups (broad SMARTS) is 1. The molecule has 0 saturated heterocycles. The molecule has 0 unspecified atom stereocenters. The van der Waals surface area contributed by atoms with Crippen molar-refractivity contribution in [3.05, 3.63) is 59.7 Å². The van der Waals surface area contributed by atoms with Gasteiger partial charge >= 0.3 is 11.9 Å². The van der Waals surface area contributed by atoms with E-state index in [1.54, 1.807) is 24.3 Å². The highest BCUT2D eigenvalue weighted by Gasteiger charge is 2.15. The first-order valence-electron chi connectivity index (χ1n) is 7.74. The normalized spacial score (nSPS) is 10.5. The Balaban J connectivity index is 2.12. The average molecular weight is 328 g/mol. The van der Waals surface area contributed by atoms with Gasteiger partial charge in [-0.25, -0.2) is 9.59 Å². The Labute approximate surface area is 140 Å². The predicted molar refractivity (Wildman–Crippen MR) is 89.8 cm³/mol. The van der Waals surface area contributed by atoms with Gasteiger partial charge in [0, 0.05) is 0 Å². The number of hydrogen-bond donors (Lipinski definition) is 1. The second kappa shape index (κ2) is 8.15. The zero-order chi connectivity index (χ0) is 17.5. The third-order valence-electron chi connectivity index (χ3n) is 3.35. The van der Waals surface area contributed by atoms with Crippen LogP contribution in [0.3, 0.4) is 0 Å². The van der Waals surface area contributed by atoms with E-state index in [1.807, 2.05) is 0 Å². The van der Waals surface area contributed by atoms with Crippen LogP contribution in [0.5, 0.6) is 11.5 Å². The molecule has 1 N–H and O–H groups in total. The van der Waals surface area contributed by atoms with E-state index in [2.05, 4.69) is 13.8 Å². The van der Waals surface area contributed by atoms with Crippen molar-refractivity contribution in [3.63, 3.8) is 0 Å². The van der Waals surface area contributed by atoms with Gasteiger partial charge in [-0.05, 0) is 42.7 Å². The monoisotopic (exact) mass is 328 g/mol. The molecule has 126 valence electrons. The van der Waals surface area contributed by atoms with Crippen molar-refractivity contribution in [3.8, 4) is 11.5 Å². The number of benzene rings is 2. The van der Waals surface area contributed by atoms with Crippen molar-refractivity contribution in [1.29, 1.82) is 0 Å². The van der Waals surface area contributed by atoms with Gasteiger partial charge in [-0.2, -0.15) is 0 Å². The van der Waals surface area contributed by atoms with E-state index in [-0.39, 0.29) is 11.3 Å². The number of carbonyl (C=O) groups excluding carboxylic acids is 1. The molecule has 0 aliphatic heterocycles.